The third-order valence-electron chi connectivity index (χ3n) is 4.50. The quantitative estimate of drug-likeness (QED) is 0.895. The number of benzene rings is 1. The van der Waals surface area contributed by atoms with Gasteiger partial charge < -0.3 is 10.5 Å². The highest BCUT2D eigenvalue weighted by Gasteiger charge is 2.29. The maximum absolute atomic E-state index is 6.02. The van der Waals surface area contributed by atoms with Crippen LogP contribution in [0.15, 0.2) is 18.2 Å². The van der Waals surface area contributed by atoms with Gasteiger partial charge >= 0.3 is 0 Å². The second-order valence-electron chi connectivity index (χ2n) is 5.88. The molecule has 3 rings (SSSR count). The van der Waals surface area contributed by atoms with Crippen molar-refractivity contribution in [2.75, 3.05) is 45.9 Å². The summed E-state index contributed by atoms with van der Waals surface area (Å²) in [6.07, 6.45) is 0. The zero-order chi connectivity index (χ0) is 13.9. The van der Waals surface area contributed by atoms with Gasteiger partial charge in [0.25, 0.3) is 0 Å². The van der Waals surface area contributed by atoms with Gasteiger partial charge in [-0.2, -0.15) is 0 Å². The van der Waals surface area contributed by atoms with E-state index in [4.69, 9.17) is 10.5 Å². The Balaban J connectivity index is 1.63. The molecule has 2 aliphatic heterocycles. The molecule has 1 aromatic rings. The van der Waals surface area contributed by atoms with Crippen molar-refractivity contribution in [2.45, 2.75) is 19.5 Å². The van der Waals surface area contributed by atoms with Gasteiger partial charge in [0.2, 0.25) is 0 Å². The molecular formula is C16H25N3O. The normalized spacial score (nSPS) is 24.0. The topological polar surface area (TPSA) is 41.7 Å². The molecule has 2 heterocycles. The first-order valence-corrected chi connectivity index (χ1v) is 7.61. The SMILES string of the molecule is Cc1ccc2c(c1)C(CN)N(CCN1CCOCC1)C2. The number of morpholine rings is 1. The fourth-order valence-electron chi connectivity index (χ4n) is 3.30. The molecule has 0 spiro atoms. The van der Waals surface area contributed by atoms with Crippen LogP contribution in [0.4, 0.5) is 0 Å². The van der Waals surface area contributed by atoms with E-state index in [0.29, 0.717) is 12.6 Å². The number of rotatable bonds is 4. The minimum Gasteiger partial charge on any atom is -0.379 e. The number of hydrogen-bond donors (Lipinski definition) is 1. The Morgan fingerprint density at radius 2 is 2.05 bits per heavy atom. The van der Waals surface area contributed by atoms with Gasteiger partial charge in [0, 0.05) is 45.3 Å². The van der Waals surface area contributed by atoms with Crippen LogP contribution in [0.25, 0.3) is 0 Å². The molecule has 1 saturated heterocycles. The van der Waals surface area contributed by atoms with Gasteiger partial charge in [0.05, 0.1) is 13.2 Å². The van der Waals surface area contributed by atoms with Gasteiger partial charge in [-0.1, -0.05) is 23.8 Å². The second-order valence-corrected chi connectivity index (χ2v) is 5.88. The predicted molar refractivity (Wildman–Crippen MR) is 80.6 cm³/mol. The average Bonchev–Trinajstić information content (AvgIpc) is 2.83. The highest BCUT2D eigenvalue weighted by atomic mass is 16.5. The van der Waals surface area contributed by atoms with E-state index in [1.807, 2.05) is 0 Å². The molecule has 4 nitrogen and oxygen atoms in total. The zero-order valence-corrected chi connectivity index (χ0v) is 12.3. The Morgan fingerprint density at radius 3 is 2.80 bits per heavy atom. The monoisotopic (exact) mass is 275 g/mol. The van der Waals surface area contributed by atoms with E-state index >= 15 is 0 Å². The number of nitrogens with two attached hydrogens (primary N) is 1. The molecule has 1 aromatic carbocycles. The summed E-state index contributed by atoms with van der Waals surface area (Å²) >= 11 is 0. The lowest BCUT2D eigenvalue weighted by atomic mass is 10.0. The third kappa shape index (κ3) is 2.88. The van der Waals surface area contributed by atoms with Gasteiger partial charge in [-0.15, -0.1) is 0 Å². The van der Waals surface area contributed by atoms with Crippen molar-refractivity contribution in [3.63, 3.8) is 0 Å². The molecule has 0 amide bonds. The maximum Gasteiger partial charge on any atom is 0.0594 e. The smallest absolute Gasteiger partial charge is 0.0594 e. The van der Waals surface area contributed by atoms with Crippen LogP contribution in [0.1, 0.15) is 22.7 Å². The van der Waals surface area contributed by atoms with Gasteiger partial charge in [-0.05, 0) is 18.1 Å². The minimum atomic E-state index is 0.394. The Hall–Kier alpha value is -0.940. The van der Waals surface area contributed by atoms with Crippen molar-refractivity contribution < 1.29 is 4.74 Å². The number of hydrogen-bond acceptors (Lipinski definition) is 4. The molecule has 2 aliphatic rings. The van der Waals surface area contributed by atoms with Crippen molar-refractivity contribution in [1.29, 1.82) is 0 Å². The molecule has 2 N–H and O–H groups in total. The summed E-state index contributed by atoms with van der Waals surface area (Å²) < 4.78 is 5.40. The summed E-state index contributed by atoms with van der Waals surface area (Å²) in [5, 5.41) is 0. The van der Waals surface area contributed by atoms with Crippen molar-refractivity contribution in [3.05, 3.63) is 34.9 Å². The van der Waals surface area contributed by atoms with Crippen LogP contribution in [0, 0.1) is 6.92 Å². The maximum atomic E-state index is 6.02. The van der Waals surface area contributed by atoms with Gasteiger partial charge in [-0.25, -0.2) is 0 Å². The lowest BCUT2D eigenvalue weighted by Crippen LogP contribution is -2.41. The summed E-state index contributed by atoms with van der Waals surface area (Å²) in [6, 6.07) is 7.17. The summed E-state index contributed by atoms with van der Waals surface area (Å²) in [5.74, 6) is 0. The Bertz CT molecular complexity index is 457. The van der Waals surface area contributed by atoms with Crippen molar-refractivity contribution in [1.82, 2.24) is 9.80 Å². The van der Waals surface area contributed by atoms with Crippen LogP contribution in [0.3, 0.4) is 0 Å². The van der Waals surface area contributed by atoms with Crippen LogP contribution in [0.2, 0.25) is 0 Å². The van der Waals surface area contributed by atoms with Crippen molar-refractivity contribution in [3.8, 4) is 0 Å². The molecule has 0 bridgehead atoms. The predicted octanol–water partition coefficient (Wildman–Crippen LogP) is 1.14. The van der Waals surface area contributed by atoms with E-state index < -0.39 is 0 Å². The van der Waals surface area contributed by atoms with Gasteiger partial charge in [-0.3, -0.25) is 9.80 Å². The lowest BCUT2D eigenvalue weighted by molar-refractivity contribution is 0.0314. The largest absolute Gasteiger partial charge is 0.379 e. The van der Waals surface area contributed by atoms with Gasteiger partial charge in [0.15, 0.2) is 0 Å². The number of ether oxygens (including phenoxy) is 1. The lowest BCUT2D eigenvalue weighted by Gasteiger charge is -2.30. The Morgan fingerprint density at radius 1 is 1.25 bits per heavy atom. The van der Waals surface area contributed by atoms with Crippen LogP contribution in [-0.2, 0) is 11.3 Å². The number of aryl methyl sites for hydroxylation is 1. The van der Waals surface area contributed by atoms with Crippen molar-refractivity contribution >= 4 is 0 Å². The van der Waals surface area contributed by atoms with Crippen LogP contribution in [0.5, 0.6) is 0 Å². The fourth-order valence-corrected chi connectivity index (χ4v) is 3.30. The second kappa shape index (κ2) is 6.22. The van der Waals surface area contributed by atoms with Crippen molar-refractivity contribution in [2.24, 2.45) is 5.73 Å². The van der Waals surface area contributed by atoms with E-state index in [-0.39, 0.29) is 0 Å². The first-order chi connectivity index (χ1) is 9.78. The molecule has 4 heteroatoms. The van der Waals surface area contributed by atoms with Gasteiger partial charge in [0.1, 0.15) is 0 Å². The molecule has 1 fully saturated rings. The molecule has 0 aliphatic carbocycles. The summed E-state index contributed by atoms with van der Waals surface area (Å²) in [7, 11) is 0. The van der Waals surface area contributed by atoms with E-state index in [1.165, 1.54) is 16.7 Å². The molecule has 110 valence electrons. The zero-order valence-electron chi connectivity index (χ0n) is 12.3. The molecule has 0 aromatic heterocycles. The van der Waals surface area contributed by atoms with E-state index in [0.717, 1.165) is 45.9 Å². The molecular weight excluding hydrogens is 250 g/mol. The number of nitrogens with zero attached hydrogens (tertiary/aromatic N) is 2. The Kier molecular flexibility index (Phi) is 4.36. The molecule has 0 saturated carbocycles. The third-order valence-corrected chi connectivity index (χ3v) is 4.50. The Labute approximate surface area is 121 Å². The highest BCUT2D eigenvalue weighted by Crippen LogP contribution is 2.33. The summed E-state index contributed by atoms with van der Waals surface area (Å²) in [4.78, 5) is 5.02. The molecule has 1 atom stereocenters. The summed E-state index contributed by atoms with van der Waals surface area (Å²) in [6.45, 7) is 9.99. The van der Waals surface area contributed by atoms with E-state index in [1.54, 1.807) is 0 Å². The summed E-state index contributed by atoms with van der Waals surface area (Å²) in [5.41, 5.74) is 10.2. The molecule has 20 heavy (non-hydrogen) atoms. The standard InChI is InChI=1S/C16H25N3O/c1-13-2-3-14-12-19(16(11-17)15(14)10-13)5-4-18-6-8-20-9-7-18/h2-3,10,16H,4-9,11-12,17H2,1H3. The first kappa shape index (κ1) is 14.0. The van der Waals surface area contributed by atoms with E-state index in [9.17, 15) is 0 Å². The number of fused-ring (bicyclic) bond motifs is 1. The van der Waals surface area contributed by atoms with Crippen LogP contribution in [-0.4, -0.2) is 55.7 Å². The highest BCUT2D eigenvalue weighted by molar-refractivity contribution is 5.37. The molecule has 0 radical (unpaired) electrons. The average molecular weight is 275 g/mol. The molecule has 1 unspecified atom stereocenters. The van der Waals surface area contributed by atoms with Crippen LogP contribution >= 0.6 is 0 Å². The fraction of sp³-hybridized carbons (Fsp3) is 0.625. The minimum absolute atomic E-state index is 0.394. The van der Waals surface area contributed by atoms with E-state index in [2.05, 4.69) is 34.9 Å². The van der Waals surface area contributed by atoms with Crippen LogP contribution < -0.4 is 5.73 Å². The first-order valence-electron chi connectivity index (χ1n) is 7.61.